The molecule has 0 aliphatic heterocycles. The Morgan fingerprint density at radius 3 is 2.42 bits per heavy atom. The van der Waals surface area contributed by atoms with Crippen LogP contribution >= 0.6 is 15.9 Å². The summed E-state index contributed by atoms with van der Waals surface area (Å²) in [7, 11) is 1.76. The first-order valence-electron chi connectivity index (χ1n) is 9.25. The van der Waals surface area contributed by atoms with E-state index in [0.29, 0.717) is 12.1 Å². The second kappa shape index (κ2) is 11.9. The lowest BCUT2D eigenvalue weighted by Crippen LogP contribution is -2.39. The molecule has 6 nitrogen and oxygen atoms in total. The van der Waals surface area contributed by atoms with Crippen LogP contribution in [0.1, 0.15) is 36.0 Å². The van der Waals surface area contributed by atoms with E-state index < -0.39 is 0 Å². The Morgan fingerprint density at radius 2 is 1.77 bits per heavy atom. The van der Waals surface area contributed by atoms with Gasteiger partial charge in [0.2, 0.25) is 0 Å². The smallest absolute Gasteiger partial charge is 0.251 e. The number of hydrogen-bond donors (Lipinski definition) is 3. The molecule has 144 valence electrons. The van der Waals surface area contributed by atoms with Crippen molar-refractivity contribution in [3.63, 3.8) is 0 Å². The zero-order chi connectivity index (χ0) is 18.6. The number of aliphatic imine (C=N–C) groups is 1. The molecule has 0 aromatic heterocycles. The number of rotatable bonds is 11. The van der Waals surface area contributed by atoms with Gasteiger partial charge in [0.15, 0.2) is 5.96 Å². The molecule has 0 spiro atoms. The van der Waals surface area contributed by atoms with E-state index in [4.69, 9.17) is 4.74 Å². The second-order valence-corrected chi connectivity index (χ2v) is 7.33. The summed E-state index contributed by atoms with van der Waals surface area (Å²) < 4.78 is 6.57. The van der Waals surface area contributed by atoms with Crippen LogP contribution in [0.5, 0.6) is 0 Å². The lowest BCUT2D eigenvalue weighted by Gasteiger charge is -2.12. The lowest BCUT2D eigenvalue weighted by atomic mass is 10.2. The molecule has 0 saturated heterocycles. The highest BCUT2D eigenvalue weighted by Crippen LogP contribution is 2.28. The topological polar surface area (TPSA) is 74.8 Å². The first-order valence-corrected chi connectivity index (χ1v) is 10.0. The van der Waals surface area contributed by atoms with E-state index in [1.807, 2.05) is 12.1 Å². The van der Waals surface area contributed by atoms with Gasteiger partial charge in [-0.2, -0.15) is 0 Å². The van der Waals surface area contributed by atoms with Gasteiger partial charge < -0.3 is 20.7 Å². The van der Waals surface area contributed by atoms with Gasteiger partial charge in [-0.15, -0.1) is 0 Å². The molecule has 0 radical (unpaired) electrons. The zero-order valence-corrected chi connectivity index (χ0v) is 17.0. The van der Waals surface area contributed by atoms with E-state index in [1.165, 1.54) is 12.8 Å². The fourth-order valence-corrected chi connectivity index (χ4v) is 2.60. The van der Waals surface area contributed by atoms with Gasteiger partial charge in [0.05, 0.1) is 0 Å². The summed E-state index contributed by atoms with van der Waals surface area (Å²) in [5.41, 5.74) is 0.669. The van der Waals surface area contributed by atoms with Crippen molar-refractivity contribution in [2.45, 2.75) is 25.7 Å². The number of benzene rings is 1. The fourth-order valence-electron chi connectivity index (χ4n) is 2.34. The standard InChI is InChI=1S/C19H29BrN4O2/c1-21-19(24-12-3-13-26-14-15-4-5-15)23-11-2-10-22-18(25)16-6-8-17(20)9-7-16/h6-9,15H,2-5,10-14H2,1H3,(H,22,25)(H2,21,23,24). The minimum absolute atomic E-state index is 0.0498. The fraction of sp³-hybridized carbons (Fsp3) is 0.579. The van der Waals surface area contributed by atoms with Crippen LogP contribution in [0.15, 0.2) is 33.7 Å². The second-order valence-electron chi connectivity index (χ2n) is 6.41. The van der Waals surface area contributed by atoms with Gasteiger partial charge in [-0.1, -0.05) is 15.9 Å². The molecule has 1 fully saturated rings. The molecule has 3 N–H and O–H groups in total. The molecule has 26 heavy (non-hydrogen) atoms. The van der Waals surface area contributed by atoms with E-state index in [0.717, 1.165) is 55.5 Å². The van der Waals surface area contributed by atoms with Gasteiger partial charge in [0, 0.05) is 49.9 Å². The van der Waals surface area contributed by atoms with Crippen molar-refractivity contribution in [2.24, 2.45) is 10.9 Å². The summed E-state index contributed by atoms with van der Waals surface area (Å²) in [6.07, 6.45) is 4.46. The molecule has 1 aliphatic carbocycles. The van der Waals surface area contributed by atoms with Gasteiger partial charge in [-0.3, -0.25) is 9.79 Å². The number of carbonyl (C=O) groups is 1. The monoisotopic (exact) mass is 424 g/mol. The number of carbonyl (C=O) groups excluding carboxylic acids is 1. The summed E-state index contributed by atoms with van der Waals surface area (Å²) in [5.74, 6) is 1.55. The molecular weight excluding hydrogens is 396 g/mol. The van der Waals surface area contributed by atoms with Gasteiger partial charge >= 0.3 is 0 Å². The van der Waals surface area contributed by atoms with Crippen LogP contribution in [0.25, 0.3) is 0 Å². The number of amides is 1. The van der Waals surface area contributed by atoms with Crippen molar-refractivity contribution in [2.75, 3.05) is 39.9 Å². The number of nitrogens with one attached hydrogen (secondary N) is 3. The van der Waals surface area contributed by atoms with Crippen molar-refractivity contribution >= 4 is 27.8 Å². The first kappa shape index (κ1) is 20.7. The molecule has 2 rings (SSSR count). The van der Waals surface area contributed by atoms with Crippen LogP contribution in [0, 0.1) is 5.92 Å². The Bertz CT molecular complexity index is 573. The zero-order valence-electron chi connectivity index (χ0n) is 15.4. The van der Waals surface area contributed by atoms with Crippen LogP contribution in [0.4, 0.5) is 0 Å². The molecule has 1 amide bonds. The molecule has 1 aromatic rings. The summed E-state index contributed by atoms with van der Waals surface area (Å²) in [5, 5.41) is 9.44. The van der Waals surface area contributed by atoms with Gasteiger partial charge in [0.25, 0.3) is 5.91 Å². The SMILES string of the molecule is CN=C(NCCCNC(=O)c1ccc(Br)cc1)NCCCOCC1CC1. The highest BCUT2D eigenvalue weighted by atomic mass is 79.9. The average Bonchev–Trinajstić information content (AvgIpc) is 3.47. The summed E-state index contributed by atoms with van der Waals surface area (Å²) in [6.45, 7) is 3.92. The molecule has 1 aliphatic rings. The summed E-state index contributed by atoms with van der Waals surface area (Å²) >= 11 is 3.36. The lowest BCUT2D eigenvalue weighted by molar-refractivity contribution is 0.0953. The Balaban J connectivity index is 1.47. The van der Waals surface area contributed by atoms with Crippen molar-refractivity contribution < 1.29 is 9.53 Å². The number of ether oxygens (including phenoxy) is 1. The third-order valence-corrected chi connectivity index (χ3v) is 4.60. The molecule has 1 aromatic carbocycles. The maximum Gasteiger partial charge on any atom is 0.251 e. The number of nitrogens with zero attached hydrogens (tertiary/aromatic N) is 1. The predicted molar refractivity (Wildman–Crippen MR) is 109 cm³/mol. The molecular formula is C19H29BrN4O2. The Kier molecular flexibility index (Phi) is 9.48. The van der Waals surface area contributed by atoms with Gasteiger partial charge in [-0.25, -0.2) is 0 Å². The number of halogens is 1. The first-order chi connectivity index (χ1) is 12.7. The van der Waals surface area contributed by atoms with Gasteiger partial charge in [-0.05, 0) is 55.9 Å². The molecule has 7 heteroatoms. The minimum Gasteiger partial charge on any atom is -0.381 e. The quantitative estimate of drug-likeness (QED) is 0.290. The van der Waals surface area contributed by atoms with Crippen LogP contribution < -0.4 is 16.0 Å². The van der Waals surface area contributed by atoms with E-state index in [1.54, 1.807) is 19.2 Å². The molecule has 0 heterocycles. The van der Waals surface area contributed by atoms with Crippen molar-refractivity contribution in [1.82, 2.24) is 16.0 Å². The Morgan fingerprint density at radius 1 is 1.12 bits per heavy atom. The van der Waals surface area contributed by atoms with Crippen molar-refractivity contribution in [3.05, 3.63) is 34.3 Å². The maximum absolute atomic E-state index is 12.0. The summed E-state index contributed by atoms with van der Waals surface area (Å²) in [6, 6.07) is 7.34. The highest BCUT2D eigenvalue weighted by molar-refractivity contribution is 9.10. The van der Waals surface area contributed by atoms with Crippen LogP contribution in [-0.4, -0.2) is 51.8 Å². The van der Waals surface area contributed by atoms with Crippen molar-refractivity contribution in [1.29, 1.82) is 0 Å². The third kappa shape index (κ3) is 8.67. The van der Waals surface area contributed by atoms with Crippen LogP contribution in [0.2, 0.25) is 0 Å². The van der Waals surface area contributed by atoms with E-state index >= 15 is 0 Å². The molecule has 0 unspecified atom stereocenters. The summed E-state index contributed by atoms with van der Waals surface area (Å²) in [4.78, 5) is 16.2. The van der Waals surface area contributed by atoms with Crippen LogP contribution in [-0.2, 0) is 4.74 Å². The van der Waals surface area contributed by atoms with Crippen LogP contribution in [0.3, 0.4) is 0 Å². The molecule has 1 saturated carbocycles. The highest BCUT2D eigenvalue weighted by Gasteiger charge is 2.20. The van der Waals surface area contributed by atoms with E-state index in [9.17, 15) is 4.79 Å². The van der Waals surface area contributed by atoms with E-state index in [2.05, 4.69) is 36.9 Å². The average molecular weight is 425 g/mol. The Labute approximate surface area is 164 Å². The normalized spacial score (nSPS) is 14.2. The van der Waals surface area contributed by atoms with Gasteiger partial charge in [0.1, 0.15) is 0 Å². The molecule has 0 atom stereocenters. The Hall–Kier alpha value is -1.60. The number of hydrogen-bond acceptors (Lipinski definition) is 3. The third-order valence-electron chi connectivity index (χ3n) is 4.07. The number of guanidine groups is 1. The maximum atomic E-state index is 12.0. The minimum atomic E-state index is -0.0498. The van der Waals surface area contributed by atoms with E-state index in [-0.39, 0.29) is 5.91 Å². The van der Waals surface area contributed by atoms with Crippen molar-refractivity contribution in [3.8, 4) is 0 Å². The largest absolute Gasteiger partial charge is 0.381 e. The predicted octanol–water partition coefficient (Wildman–Crippen LogP) is 2.55. The molecule has 0 bridgehead atoms.